The molecule has 0 bridgehead atoms. The number of aromatic nitrogens is 2. The summed E-state index contributed by atoms with van der Waals surface area (Å²) in [5.74, 6) is -0.892. The van der Waals surface area contributed by atoms with E-state index in [1.54, 1.807) is 24.7 Å². The molecule has 7 heteroatoms. The largest absolute Gasteiger partial charge is 0.353 e. The van der Waals surface area contributed by atoms with Gasteiger partial charge in [0.15, 0.2) is 0 Å². The minimum Gasteiger partial charge on any atom is -0.353 e. The lowest BCUT2D eigenvalue weighted by atomic mass is 10.0. The summed E-state index contributed by atoms with van der Waals surface area (Å²) in [5, 5.41) is 5.67. The fourth-order valence-electron chi connectivity index (χ4n) is 2.94. The van der Waals surface area contributed by atoms with E-state index in [1.165, 1.54) is 12.1 Å². The highest BCUT2D eigenvalue weighted by atomic mass is 19.1. The van der Waals surface area contributed by atoms with Crippen LogP contribution in [0.25, 0.3) is 0 Å². The second kappa shape index (κ2) is 10.2. The first-order chi connectivity index (χ1) is 14.1. The highest BCUT2D eigenvalue weighted by molar-refractivity contribution is 5.88. The van der Waals surface area contributed by atoms with Crippen molar-refractivity contribution in [1.82, 2.24) is 20.2 Å². The Balaban J connectivity index is 1.60. The number of benzene rings is 2. The number of halogens is 1. The van der Waals surface area contributed by atoms with Crippen LogP contribution in [-0.4, -0.2) is 34.0 Å². The van der Waals surface area contributed by atoms with Gasteiger partial charge in [-0.1, -0.05) is 42.5 Å². The van der Waals surface area contributed by atoms with Crippen LogP contribution in [0.1, 0.15) is 11.1 Å². The zero-order chi connectivity index (χ0) is 20.5. The Kier molecular flexibility index (Phi) is 7.10. The van der Waals surface area contributed by atoms with Crippen molar-refractivity contribution >= 4 is 11.8 Å². The number of rotatable bonds is 9. The van der Waals surface area contributed by atoms with E-state index in [-0.39, 0.29) is 24.1 Å². The molecule has 0 fully saturated rings. The molecule has 0 unspecified atom stereocenters. The maximum Gasteiger partial charge on any atom is 0.242 e. The Labute approximate surface area is 168 Å². The molecule has 2 amide bonds. The third-order valence-electron chi connectivity index (χ3n) is 4.44. The summed E-state index contributed by atoms with van der Waals surface area (Å²) in [6.45, 7) is 1.02. The maximum atomic E-state index is 13.0. The summed E-state index contributed by atoms with van der Waals surface area (Å²) >= 11 is 0. The van der Waals surface area contributed by atoms with Crippen LogP contribution in [0.15, 0.2) is 73.3 Å². The van der Waals surface area contributed by atoms with Gasteiger partial charge < -0.3 is 15.2 Å². The van der Waals surface area contributed by atoms with Gasteiger partial charge in [-0.25, -0.2) is 9.37 Å². The topological polar surface area (TPSA) is 76.0 Å². The van der Waals surface area contributed by atoms with Crippen LogP contribution >= 0.6 is 0 Å². The molecule has 0 saturated carbocycles. The highest BCUT2D eigenvalue weighted by Crippen LogP contribution is 2.06. The first kappa shape index (κ1) is 20.3. The second-order valence-electron chi connectivity index (χ2n) is 6.70. The van der Waals surface area contributed by atoms with Crippen molar-refractivity contribution in [3.05, 3.63) is 90.3 Å². The number of amides is 2. The minimum absolute atomic E-state index is 0.0773. The summed E-state index contributed by atoms with van der Waals surface area (Å²) in [6.07, 6.45) is 5.63. The van der Waals surface area contributed by atoms with Gasteiger partial charge >= 0.3 is 0 Å². The van der Waals surface area contributed by atoms with Crippen LogP contribution in [-0.2, 0) is 29.0 Å². The summed E-state index contributed by atoms with van der Waals surface area (Å²) < 4.78 is 14.9. The number of carbonyl (C=O) groups is 2. The fourth-order valence-corrected chi connectivity index (χ4v) is 2.94. The van der Waals surface area contributed by atoms with E-state index in [1.807, 2.05) is 41.1 Å². The minimum atomic E-state index is -0.701. The Morgan fingerprint density at radius 1 is 1.03 bits per heavy atom. The Bertz CT molecular complexity index is 912. The van der Waals surface area contributed by atoms with E-state index < -0.39 is 6.04 Å². The normalized spacial score (nSPS) is 11.6. The van der Waals surface area contributed by atoms with Gasteiger partial charge in [0.1, 0.15) is 11.9 Å². The average Bonchev–Trinajstić information content (AvgIpc) is 3.23. The Morgan fingerprint density at radius 2 is 1.79 bits per heavy atom. The lowest BCUT2D eigenvalue weighted by Crippen LogP contribution is -2.49. The van der Waals surface area contributed by atoms with Crippen LogP contribution in [0.2, 0.25) is 0 Å². The van der Waals surface area contributed by atoms with E-state index >= 15 is 0 Å². The van der Waals surface area contributed by atoms with Gasteiger partial charge in [0.05, 0.1) is 12.7 Å². The van der Waals surface area contributed by atoms with E-state index in [0.717, 1.165) is 5.56 Å². The third-order valence-corrected chi connectivity index (χ3v) is 4.44. The number of imidazole rings is 1. The molecule has 3 aromatic rings. The molecule has 0 radical (unpaired) electrons. The zero-order valence-electron chi connectivity index (χ0n) is 15.9. The summed E-state index contributed by atoms with van der Waals surface area (Å²) in [5.41, 5.74) is 1.63. The smallest absolute Gasteiger partial charge is 0.242 e. The van der Waals surface area contributed by atoms with Crippen molar-refractivity contribution in [3.8, 4) is 0 Å². The van der Waals surface area contributed by atoms with Crippen molar-refractivity contribution in [2.45, 2.75) is 25.4 Å². The molecular weight excluding hydrogens is 371 g/mol. The summed E-state index contributed by atoms with van der Waals surface area (Å²) in [4.78, 5) is 29.1. The predicted molar refractivity (Wildman–Crippen MR) is 107 cm³/mol. The van der Waals surface area contributed by atoms with Gasteiger partial charge in [-0.3, -0.25) is 9.59 Å². The number of nitrogens with one attached hydrogen (secondary N) is 2. The number of carbonyl (C=O) groups excluding carboxylic acids is 2. The number of hydrogen-bond donors (Lipinski definition) is 2. The van der Waals surface area contributed by atoms with Gasteiger partial charge in [0, 0.05) is 31.9 Å². The molecule has 1 heterocycles. The van der Waals surface area contributed by atoms with Gasteiger partial charge in [-0.2, -0.15) is 0 Å². The van der Waals surface area contributed by atoms with Crippen LogP contribution < -0.4 is 10.6 Å². The van der Waals surface area contributed by atoms with Gasteiger partial charge in [-0.15, -0.1) is 0 Å². The molecule has 6 nitrogen and oxygen atoms in total. The molecule has 2 N–H and O–H groups in total. The van der Waals surface area contributed by atoms with Crippen molar-refractivity contribution in [1.29, 1.82) is 0 Å². The lowest BCUT2D eigenvalue weighted by molar-refractivity contribution is -0.128. The predicted octanol–water partition coefficient (Wildman–Crippen LogP) is 2.11. The molecule has 0 spiro atoms. The third kappa shape index (κ3) is 6.57. The standard InChI is InChI=1S/C22H23FN4O2/c23-19-8-6-18(7-9-19)15-21(28)26-20(14-17-4-2-1-3-5-17)22(29)25-11-13-27-12-10-24-16-27/h1-10,12,16,20H,11,13-15H2,(H,25,29)(H,26,28)/t20-/m1/s1. The highest BCUT2D eigenvalue weighted by Gasteiger charge is 2.21. The van der Waals surface area contributed by atoms with E-state index in [9.17, 15) is 14.0 Å². The molecule has 0 aliphatic rings. The number of hydrogen-bond acceptors (Lipinski definition) is 3. The zero-order valence-corrected chi connectivity index (χ0v) is 15.9. The first-order valence-corrected chi connectivity index (χ1v) is 9.41. The monoisotopic (exact) mass is 394 g/mol. The quantitative estimate of drug-likeness (QED) is 0.584. The first-order valence-electron chi connectivity index (χ1n) is 9.41. The van der Waals surface area contributed by atoms with Crippen LogP contribution in [0.3, 0.4) is 0 Å². The molecular formula is C22H23FN4O2. The molecule has 0 saturated heterocycles. The van der Waals surface area contributed by atoms with Crippen molar-refractivity contribution in [2.75, 3.05) is 6.54 Å². The maximum absolute atomic E-state index is 13.0. The van der Waals surface area contributed by atoms with Gasteiger partial charge in [-0.05, 0) is 23.3 Å². The molecule has 2 aromatic carbocycles. The van der Waals surface area contributed by atoms with Crippen LogP contribution in [0, 0.1) is 5.82 Å². The van der Waals surface area contributed by atoms with Crippen molar-refractivity contribution in [2.24, 2.45) is 0 Å². The molecule has 150 valence electrons. The lowest BCUT2D eigenvalue weighted by Gasteiger charge is -2.19. The summed E-state index contributed by atoms with van der Waals surface area (Å²) in [7, 11) is 0. The second-order valence-corrected chi connectivity index (χ2v) is 6.70. The molecule has 29 heavy (non-hydrogen) atoms. The van der Waals surface area contributed by atoms with Crippen LogP contribution in [0.4, 0.5) is 4.39 Å². The van der Waals surface area contributed by atoms with E-state index in [0.29, 0.717) is 25.1 Å². The molecule has 3 rings (SSSR count). The van der Waals surface area contributed by atoms with Gasteiger partial charge in [0.25, 0.3) is 0 Å². The molecule has 0 aliphatic carbocycles. The SMILES string of the molecule is O=C(Cc1ccc(F)cc1)N[C@H](Cc1ccccc1)C(=O)NCCn1ccnc1. The molecule has 1 atom stereocenters. The average molecular weight is 394 g/mol. The fraction of sp³-hybridized carbons (Fsp3) is 0.227. The van der Waals surface area contributed by atoms with Gasteiger partial charge in [0.2, 0.25) is 11.8 Å². The molecule has 0 aliphatic heterocycles. The van der Waals surface area contributed by atoms with Crippen molar-refractivity contribution in [3.63, 3.8) is 0 Å². The Hall–Kier alpha value is -3.48. The number of nitrogens with zero attached hydrogens (tertiary/aromatic N) is 2. The van der Waals surface area contributed by atoms with Crippen molar-refractivity contribution < 1.29 is 14.0 Å². The molecule has 1 aromatic heterocycles. The Morgan fingerprint density at radius 3 is 2.48 bits per heavy atom. The summed E-state index contributed by atoms with van der Waals surface area (Å²) in [6, 6.07) is 14.6. The van der Waals surface area contributed by atoms with Crippen LogP contribution in [0.5, 0.6) is 0 Å². The van der Waals surface area contributed by atoms with E-state index in [2.05, 4.69) is 15.6 Å². The van der Waals surface area contributed by atoms with E-state index in [4.69, 9.17) is 0 Å².